The van der Waals surface area contributed by atoms with E-state index in [9.17, 15) is 4.79 Å². The zero-order chi connectivity index (χ0) is 9.26. The van der Waals surface area contributed by atoms with Gasteiger partial charge >= 0.3 is 5.97 Å². The smallest absolute Gasteiger partial charge is 0.309 e. The highest BCUT2D eigenvalue weighted by molar-refractivity contribution is 7.09. The summed E-state index contributed by atoms with van der Waals surface area (Å²) in [5, 5.41) is 8.89. The normalized spacial score (nSPS) is 27.7. The molecule has 0 radical (unpaired) electrons. The summed E-state index contributed by atoms with van der Waals surface area (Å²) in [7, 11) is 0. The lowest BCUT2D eigenvalue weighted by Gasteiger charge is -2.11. The Morgan fingerprint density at radius 2 is 2.62 bits per heavy atom. The fourth-order valence-corrected chi connectivity index (χ4v) is 2.22. The monoisotopic (exact) mass is 199 g/mol. The number of nitrogens with zero attached hydrogens (tertiary/aromatic N) is 1. The van der Waals surface area contributed by atoms with Crippen molar-refractivity contribution in [1.29, 1.82) is 0 Å². The first kappa shape index (κ1) is 8.65. The number of carboxylic acids is 1. The summed E-state index contributed by atoms with van der Waals surface area (Å²) in [5.74, 6) is -1.18. The molecular weight excluding hydrogens is 190 g/mol. The summed E-state index contributed by atoms with van der Waals surface area (Å²) in [6.07, 6.45) is 1.99. The molecule has 4 nitrogen and oxygen atoms in total. The van der Waals surface area contributed by atoms with Gasteiger partial charge in [0.1, 0.15) is 6.10 Å². The van der Waals surface area contributed by atoms with Crippen LogP contribution in [0.15, 0.2) is 11.7 Å². The number of aliphatic carboxylic acids is 1. The molecule has 1 aliphatic heterocycles. The molecule has 2 heterocycles. The van der Waals surface area contributed by atoms with E-state index in [1.54, 1.807) is 11.7 Å². The number of hydrogen-bond acceptors (Lipinski definition) is 4. The molecule has 1 aliphatic rings. The molecule has 2 rings (SSSR count). The van der Waals surface area contributed by atoms with Gasteiger partial charge in [-0.2, -0.15) is 0 Å². The molecule has 2 atom stereocenters. The maximum absolute atomic E-state index is 10.8. The van der Waals surface area contributed by atoms with E-state index >= 15 is 0 Å². The van der Waals surface area contributed by atoms with Crippen molar-refractivity contribution in [2.45, 2.75) is 12.5 Å². The van der Waals surface area contributed by atoms with Gasteiger partial charge < -0.3 is 9.84 Å². The number of aromatic nitrogens is 1. The van der Waals surface area contributed by atoms with E-state index in [2.05, 4.69) is 4.98 Å². The Balaban J connectivity index is 2.19. The first-order valence-corrected chi connectivity index (χ1v) is 4.90. The highest BCUT2D eigenvalue weighted by Crippen LogP contribution is 2.36. The lowest BCUT2D eigenvalue weighted by Crippen LogP contribution is -2.16. The van der Waals surface area contributed by atoms with E-state index in [4.69, 9.17) is 9.84 Å². The van der Waals surface area contributed by atoms with Gasteiger partial charge in [0.15, 0.2) is 0 Å². The minimum absolute atomic E-state index is 0.287. The summed E-state index contributed by atoms with van der Waals surface area (Å²) in [4.78, 5) is 15.6. The quantitative estimate of drug-likeness (QED) is 0.780. The van der Waals surface area contributed by atoms with Crippen LogP contribution < -0.4 is 0 Å². The molecule has 70 valence electrons. The van der Waals surface area contributed by atoms with Crippen LogP contribution in [0.5, 0.6) is 0 Å². The van der Waals surface area contributed by atoms with Crippen LogP contribution >= 0.6 is 11.3 Å². The molecule has 1 saturated heterocycles. The largest absolute Gasteiger partial charge is 0.481 e. The average molecular weight is 199 g/mol. The van der Waals surface area contributed by atoms with E-state index in [1.807, 2.05) is 0 Å². The van der Waals surface area contributed by atoms with Crippen LogP contribution in [0.2, 0.25) is 0 Å². The van der Waals surface area contributed by atoms with Crippen molar-refractivity contribution < 1.29 is 14.6 Å². The highest BCUT2D eigenvalue weighted by Gasteiger charge is 2.35. The van der Waals surface area contributed by atoms with E-state index < -0.39 is 11.9 Å². The molecule has 0 bridgehead atoms. The first-order chi connectivity index (χ1) is 6.29. The molecule has 1 aromatic rings. The maximum Gasteiger partial charge on any atom is 0.309 e. The van der Waals surface area contributed by atoms with Crippen molar-refractivity contribution in [3.63, 3.8) is 0 Å². The van der Waals surface area contributed by atoms with Crippen molar-refractivity contribution in [2.24, 2.45) is 5.92 Å². The summed E-state index contributed by atoms with van der Waals surface area (Å²) < 4.78 is 5.36. The number of hydrogen-bond donors (Lipinski definition) is 1. The molecular formula is C8H9NO3S. The van der Waals surface area contributed by atoms with Gasteiger partial charge in [-0.25, -0.2) is 0 Å². The topological polar surface area (TPSA) is 59.4 Å². The standard InChI is InChI=1S/C8H9NO3S/c10-8(11)5-1-2-12-7(5)6-3-9-4-13-6/h3-5,7H,1-2H2,(H,10,11). The highest BCUT2D eigenvalue weighted by atomic mass is 32.1. The van der Waals surface area contributed by atoms with E-state index in [1.165, 1.54) is 11.3 Å². The molecule has 1 N–H and O–H groups in total. The fourth-order valence-electron chi connectivity index (χ4n) is 1.49. The molecule has 1 fully saturated rings. The second-order valence-electron chi connectivity index (χ2n) is 2.93. The van der Waals surface area contributed by atoms with E-state index in [0.29, 0.717) is 13.0 Å². The number of carbonyl (C=O) groups is 1. The van der Waals surface area contributed by atoms with Crippen molar-refractivity contribution in [3.05, 3.63) is 16.6 Å². The molecule has 1 aromatic heterocycles. The maximum atomic E-state index is 10.8. The molecule has 2 unspecified atom stereocenters. The molecule has 0 aromatic carbocycles. The summed E-state index contributed by atoms with van der Waals surface area (Å²) in [6.45, 7) is 0.527. The third-order valence-corrected chi connectivity index (χ3v) is 2.98. The summed E-state index contributed by atoms with van der Waals surface area (Å²) in [5.41, 5.74) is 1.69. The second kappa shape index (κ2) is 3.43. The molecule has 0 aliphatic carbocycles. The zero-order valence-corrected chi connectivity index (χ0v) is 7.66. The molecule has 0 spiro atoms. The Hall–Kier alpha value is -0.940. The van der Waals surface area contributed by atoms with Gasteiger partial charge in [0.2, 0.25) is 0 Å². The van der Waals surface area contributed by atoms with Crippen LogP contribution in [0.1, 0.15) is 17.4 Å². The van der Waals surface area contributed by atoms with Crippen molar-refractivity contribution >= 4 is 17.3 Å². The number of ether oxygens (including phenoxy) is 1. The van der Waals surface area contributed by atoms with Crippen LogP contribution in [0.3, 0.4) is 0 Å². The van der Waals surface area contributed by atoms with Gasteiger partial charge in [0.05, 0.1) is 16.3 Å². The van der Waals surface area contributed by atoms with Gasteiger partial charge in [0, 0.05) is 12.8 Å². The van der Waals surface area contributed by atoms with Gasteiger partial charge in [0.25, 0.3) is 0 Å². The van der Waals surface area contributed by atoms with Crippen LogP contribution in [0.4, 0.5) is 0 Å². The molecule has 0 saturated carbocycles. The predicted octanol–water partition coefficient (Wildman–Crippen LogP) is 1.31. The summed E-state index contributed by atoms with van der Waals surface area (Å²) in [6, 6.07) is 0. The van der Waals surface area contributed by atoms with Crippen LogP contribution in [-0.4, -0.2) is 22.7 Å². The fraction of sp³-hybridized carbons (Fsp3) is 0.500. The van der Waals surface area contributed by atoms with E-state index in [0.717, 1.165) is 4.88 Å². The van der Waals surface area contributed by atoms with Gasteiger partial charge in [-0.15, -0.1) is 11.3 Å². The van der Waals surface area contributed by atoms with Crippen molar-refractivity contribution in [3.8, 4) is 0 Å². The van der Waals surface area contributed by atoms with Crippen LogP contribution in [0, 0.1) is 5.92 Å². The lowest BCUT2D eigenvalue weighted by atomic mass is 10.0. The Labute approximate surface area is 79.2 Å². The van der Waals surface area contributed by atoms with Crippen LogP contribution in [0.25, 0.3) is 0 Å². The van der Waals surface area contributed by atoms with Gasteiger partial charge in [-0.3, -0.25) is 9.78 Å². The predicted molar refractivity (Wildman–Crippen MR) is 46.5 cm³/mol. The molecule has 0 amide bonds. The minimum atomic E-state index is -0.782. The molecule has 5 heteroatoms. The Bertz CT molecular complexity index is 298. The Morgan fingerprint density at radius 1 is 1.77 bits per heavy atom. The Kier molecular flexibility index (Phi) is 2.28. The number of rotatable bonds is 2. The average Bonchev–Trinajstić information content (AvgIpc) is 2.74. The molecule has 13 heavy (non-hydrogen) atoms. The van der Waals surface area contributed by atoms with E-state index in [-0.39, 0.29) is 6.10 Å². The SMILES string of the molecule is O=C(O)C1CCOC1c1cncs1. The van der Waals surface area contributed by atoms with Crippen molar-refractivity contribution in [2.75, 3.05) is 6.61 Å². The van der Waals surface area contributed by atoms with Crippen molar-refractivity contribution in [1.82, 2.24) is 4.98 Å². The zero-order valence-electron chi connectivity index (χ0n) is 6.84. The lowest BCUT2D eigenvalue weighted by molar-refractivity contribution is -0.143. The third-order valence-electron chi connectivity index (χ3n) is 2.14. The first-order valence-electron chi connectivity index (χ1n) is 4.02. The summed E-state index contributed by atoms with van der Waals surface area (Å²) >= 11 is 1.44. The van der Waals surface area contributed by atoms with Gasteiger partial charge in [-0.1, -0.05) is 0 Å². The minimum Gasteiger partial charge on any atom is -0.481 e. The van der Waals surface area contributed by atoms with Crippen LogP contribution in [-0.2, 0) is 9.53 Å². The number of thiazole rings is 1. The Morgan fingerprint density at radius 3 is 3.23 bits per heavy atom. The second-order valence-corrected chi connectivity index (χ2v) is 3.85. The third kappa shape index (κ3) is 1.57. The van der Waals surface area contributed by atoms with Gasteiger partial charge in [-0.05, 0) is 6.42 Å². The number of carboxylic acid groups (broad SMARTS) is 1.